The summed E-state index contributed by atoms with van der Waals surface area (Å²) in [6.45, 7) is 2.29. The van der Waals surface area contributed by atoms with Crippen molar-refractivity contribution in [2.75, 3.05) is 26.4 Å². The largest absolute Gasteiger partial charge is 0.472 e. The van der Waals surface area contributed by atoms with Crippen molar-refractivity contribution in [1.29, 1.82) is 0 Å². The van der Waals surface area contributed by atoms with Crippen LogP contribution in [0.3, 0.4) is 0 Å². The van der Waals surface area contributed by atoms with E-state index in [1.54, 1.807) is 0 Å². The molecule has 0 aromatic carbocycles. The molecule has 11 heteroatoms. The highest BCUT2D eigenvalue weighted by Gasteiger charge is 2.27. The maximum Gasteiger partial charge on any atom is 0.472 e. The Kier molecular flexibility index (Phi) is 43.5. The Morgan fingerprint density at radius 1 is 0.492 bits per heavy atom. The van der Waals surface area contributed by atoms with Crippen LogP contribution in [0.1, 0.15) is 194 Å². The number of carbonyl (C=O) groups is 2. The Labute approximate surface area is 371 Å². The highest BCUT2D eigenvalue weighted by Crippen LogP contribution is 2.43. The third kappa shape index (κ3) is 45.3. The highest BCUT2D eigenvalue weighted by atomic mass is 31.2. The van der Waals surface area contributed by atoms with Crippen LogP contribution in [0.15, 0.2) is 72.9 Å². The zero-order chi connectivity index (χ0) is 44.8. The van der Waals surface area contributed by atoms with Crippen molar-refractivity contribution in [3.63, 3.8) is 0 Å². The summed E-state index contributed by atoms with van der Waals surface area (Å²) in [5.74, 6) is -0.968. The molecule has 61 heavy (non-hydrogen) atoms. The summed E-state index contributed by atoms with van der Waals surface area (Å²) in [5, 5.41) is 18.4. The Hall–Kier alpha value is -2.59. The lowest BCUT2D eigenvalue weighted by atomic mass is 10.1. The third-order valence-electron chi connectivity index (χ3n) is 9.83. The fourth-order valence-electron chi connectivity index (χ4n) is 6.12. The molecule has 0 radical (unpaired) electrons. The number of rotatable bonds is 44. The van der Waals surface area contributed by atoms with Crippen molar-refractivity contribution < 1.29 is 47.8 Å². The second-order valence-corrected chi connectivity index (χ2v) is 17.2. The topological polar surface area (TPSA) is 149 Å². The molecule has 0 aliphatic rings. The van der Waals surface area contributed by atoms with Crippen LogP contribution in [0.25, 0.3) is 0 Å². The van der Waals surface area contributed by atoms with Crippen LogP contribution in [-0.4, -0.2) is 65.7 Å². The number of phosphoric ester groups is 1. The molecule has 0 aromatic heterocycles. The summed E-state index contributed by atoms with van der Waals surface area (Å²) in [6.07, 6.45) is 52.9. The van der Waals surface area contributed by atoms with Crippen LogP contribution >= 0.6 is 7.82 Å². The standard InChI is InChI=1S/C50H87O10P/c1-3-5-7-9-11-13-15-17-19-21-23-25-27-29-31-33-35-37-39-41-49(53)57-45-48(46-59-61(55,56)58-44-47(52)43-51)60-50(54)42-40-38-36-34-32-30-28-26-24-22-20-18-16-14-12-10-8-6-4-2/h11-14,17-20,24,26,30,32,47-48,51-52H,3-10,15-16,21-23,25,27-29,31,33-46H2,1-2H3,(H,55,56)/b13-11+,14-12+,19-17+,20-18+,26-24+,32-30+/t47-,48+/m0/s1. The zero-order valence-corrected chi connectivity index (χ0v) is 39.3. The van der Waals surface area contributed by atoms with Crippen molar-refractivity contribution in [3.8, 4) is 0 Å². The van der Waals surface area contributed by atoms with E-state index in [2.05, 4.69) is 86.8 Å². The number of allylic oxidation sites excluding steroid dienone is 12. The van der Waals surface area contributed by atoms with Crippen molar-refractivity contribution in [2.45, 2.75) is 206 Å². The van der Waals surface area contributed by atoms with Gasteiger partial charge in [-0.25, -0.2) is 4.57 Å². The molecule has 0 bridgehead atoms. The lowest BCUT2D eigenvalue weighted by Gasteiger charge is -2.20. The molecule has 3 atom stereocenters. The van der Waals surface area contributed by atoms with Gasteiger partial charge in [-0.1, -0.05) is 164 Å². The van der Waals surface area contributed by atoms with Gasteiger partial charge in [-0.15, -0.1) is 0 Å². The number of aliphatic hydroxyl groups is 2. The minimum Gasteiger partial charge on any atom is -0.462 e. The van der Waals surface area contributed by atoms with Crippen LogP contribution in [0.2, 0.25) is 0 Å². The zero-order valence-electron chi connectivity index (χ0n) is 38.4. The van der Waals surface area contributed by atoms with Gasteiger partial charge in [0.2, 0.25) is 0 Å². The molecule has 0 saturated carbocycles. The molecule has 0 aliphatic carbocycles. The summed E-state index contributed by atoms with van der Waals surface area (Å²) in [4.78, 5) is 35.1. The van der Waals surface area contributed by atoms with Gasteiger partial charge in [0.05, 0.1) is 19.8 Å². The van der Waals surface area contributed by atoms with E-state index in [1.807, 2.05) is 0 Å². The Morgan fingerprint density at radius 2 is 0.852 bits per heavy atom. The van der Waals surface area contributed by atoms with Crippen LogP contribution in [0.5, 0.6) is 0 Å². The van der Waals surface area contributed by atoms with Crippen LogP contribution in [0.4, 0.5) is 0 Å². The van der Waals surface area contributed by atoms with E-state index in [4.69, 9.17) is 23.6 Å². The van der Waals surface area contributed by atoms with Crippen molar-refractivity contribution in [1.82, 2.24) is 0 Å². The predicted octanol–water partition coefficient (Wildman–Crippen LogP) is 13.2. The Balaban J connectivity index is 4.32. The van der Waals surface area contributed by atoms with Crippen molar-refractivity contribution in [3.05, 3.63) is 72.9 Å². The SMILES string of the molecule is CCCCC/C=C/C/C=C/C/C=C/C/C=C/CCCCCC(=O)O[C@H](COC(=O)CCCCCCCCCCC/C=C/C/C=C/CCCCC)COP(=O)(O)OC[C@@H](O)CO. The van der Waals surface area contributed by atoms with Gasteiger partial charge in [0, 0.05) is 12.8 Å². The minimum atomic E-state index is -4.64. The summed E-state index contributed by atoms with van der Waals surface area (Å²) < 4.78 is 32.8. The number of carbonyl (C=O) groups excluding carboxylic acids is 2. The van der Waals surface area contributed by atoms with Crippen LogP contribution < -0.4 is 0 Å². The van der Waals surface area contributed by atoms with Crippen molar-refractivity contribution >= 4 is 19.8 Å². The number of hydrogen-bond acceptors (Lipinski definition) is 9. The third-order valence-corrected chi connectivity index (χ3v) is 10.8. The maximum absolute atomic E-state index is 12.6. The van der Waals surface area contributed by atoms with Crippen molar-refractivity contribution in [2.24, 2.45) is 0 Å². The van der Waals surface area contributed by atoms with Gasteiger partial charge < -0.3 is 24.6 Å². The van der Waals surface area contributed by atoms with Gasteiger partial charge in [-0.05, 0) is 89.9 Å². The second kappa shape index (κ2) is 45.4. The van der Waals surface area contributed by atoms with Gasteiger partial charge in [-0.3, -0.25) is 18.6 Å². The molecule has 10 nitrogen and oxygen atoms in total. The maximum atomic E-state index is 12.6. The van der Waals surface area contributed by atoms with Crippen LogP contribution in [0, 0.1) is 0 Å². The van der Waals surface area contributed by atoms with Gasteiger partial charge >= 0.3 is 19.8 Å². The van der Waals surface area contributed by atoms with E-state index < -0.39 is 51.8 Å². The smallest absolute Gasteiger partial charge is 0.462 e. The molecule has 0 fully saturated rings. The molecule has 0 saturated heterocycles. The predicted molar refractivity (Wildman–Crippen MR) is 251 cm³/mol. The average Bonchev–Trinajstić information content (AvgIpc) is 3.25. The lowest BCUT2D eigenvalue weighted by Crippen LogP contribution is -2.29. The second-order valence-electron chi connectivity index (χ2n) is 15.8. The van der Waals surface area contributed by atoms with Gasteiger partial charge in [-0.2, -0.15) is 0 Å². The summed E-state index contributed by atoms with van der Waals surface area (Å²) in [6, 6.07) is 0. The fourth-order valence-corrected chi connectivity index (χ4v) is 6.91. The molecule has 352 valence electrons. The Bertz CT molecular complexity index is 1240. The summed E-state index contributed by atoms with van der Waals surface area (Å²) in [5.41, 5.74) is 0. The average molecular weight is 879 g/mol. The number of aliphatic hydroxyl groups excluding tert-OH is 2. The molecule has 0 rings (SSSR count). The molecule has 0 aliphatic heterocycles. The molecule has 0 amide bonds. The molecule has 1 unspecified atom stereocenters. The first-order valence-corrected chi connectivity index (χ1v) is 25.4. The molecular formula is C50H87O10P. The van der Waals surface area contributed by atoms with E-state index in [1.165, 1.54) is 83.5 Å². The molecule has 0 aromatic rings. The van der Waals surface area contributed by atoms with E-state index in [-0.39, 0.29) is 19.4 Å². The fraction of sp³-hybridized carbons (Fsp3) is 0.720. The number of esters is 2. The molecular weight excluding hydrogens is 792 g/mol. The normalized spacial score (nSPS) is 14.4. The molecule has 0 spiro atoms. The monoisotopic (exact) mass is 879 g/mol. The summed E-state index contributed by atoms with van der Waals surface area (Å²) in [7, 11) is -4.64. The van der Waals surface area contributed by atoms with Gasteiger partial charge in [0.25, 0.3) is 0 Å². The Morgan fingerprint density at radius 3 is 1.30 bits per heavy atom. The first kappa shape index (κ1) is 58.4. The lowest BCUT2D eigenvalue weighted by molar-refractivity contribution is -0.161. The first-order valence-electron chi connectivity index (χ1n) is 23.9. The highest BCUT2D eigenvalue weighted by molar-refractivity contribution is 7.47. The van der Waals surface area contributed by atoms with Crippen LogP contribution in [-0.2, 0) is 32.7 Å². The van der Waals surface area contributed by atoms with Gasteiger partial charge in [0.1, 0.15) is 12.7 Å². The van der Waals surface area contributed by atoms with E-state index >= 15 is 0 Å². The van der Waals surface area contributed by atoms with Gasteiger partial charge in [0.15, 0.2) is 6.10 Å². The number of ether oxygens (including phenoxy) is 2. The summed E-state index contributed by atoms with van der Waals surface area (Å²) >= 11 is 0. The number of unbranched alkanes of at least 4 members (excludes halogenated alkanes) is 18. The van der Waals surface area contributed by atoms with E-state index in [9.17, 15) is 24.2 Å². The minimum absolute atomic E-state index is 0.143. The first-order chi connectivity index (χ1) is 29.7. The quantitative estimate of drug-likeness (QED) is 0.0234. The molecule has 3 N–H and O–H groups in total. The van der Waals surface area contributed by atoms with E-state index in [0.29, 0.717) is 12.8 Å². The number of phosphoric acid groups is 1. The number of hydrogen-bond donors (Lipinski definition) is 3. The molecule has 0 heterocycles. The van der Waals surface area contributed by atoms with E-state index in [0.717, 1.165) is 70.6 Å².